The molecule has 0 spiro atoms. The third-order valence-electron chi connectivity index (χ3n) is 3.14. The van der Waals surface area contributed by atoms with Gasteiger partial charge in [0.1, 0.15) is 0 Å². The van der Waals surface area contributed by atoms with Gasteiger partial charge in [-0.25, -0.2) is 0 Å². The standard InChI is InChI=1S/C17H29NO3/c1-13(10-11-19-5)21-16-14(12-18-17(2,3)4)8-7-9-15(16)20-6/h7-9,13,18H,10-12H2,1-6H3. The minimum absolute atomic E-state index is 0.0576. The van der Waals surface area contributed by atoms with Crippen LogP contribution in [0.5, 0.6) is 11.5 Å². The monoisotopic (exact) mass is 295 g/mol. The molecule has 4 heteroatoms. The summed E-state index contributed by atoms with van der Waals surface area (Å²) in [6, 6.07) is 5.99. The molecule has 0 bridgehead atoms. The second kappa shape index (κ2) is 8.25. The number of para-hydroxylation sites is 1. The molecule has 1 aromatic rings. The maximum atomic E-state index is 6.09. The van der Waals surface area contributed by atoms with E-state index in [1.807, 2.05) is 19.1 Å². The van der Waals surface area contributed by atoms with E-state index in [-0.39, 0.29) is 11.6 Å². The summed E-state index contributed by atoms with van der Waals surface area (Å²) in [5, 5.41) is 3.49. The van der Waals surface area contributed by atoms with E-state index in [9.17, 15) is 0 Å². The lowest BCUT2D eigenvalue weighted by Crippen LogP contribution is -2.35. The molecule has 1 rings (SSSR count). The van der Waals surface area contributed by atoms with Crippen LogP contribution in [0.2, 0.25) is 0 Å². The van der Waals surface area contributed by atoms with Crippen molar-refractivity contribution in [2.24, 2.45) is 0 Å². The van der Waals surface area contributed by atoms with Crippen LogP contribution in [0, 0.1) is 0 Å². The van der Waals surface area contributed by atoms with Crippen LogP contribution in [0.15, 0.2) is 18.2 Å². The fourth-order valence-corrected chi connectivity index (χ4v) is 1.90. The van der Waals surface area contributed by atoms with Crippen molar-refractivity contribution < 1.29 is 14.2 Å². The van der Waals surface area contributed by atoms with E-state index in [1.54, 1.807) is 14.2 Å². The zero-order chi connectivity index (χ0) is 15.9. The van der Waals surface area contributed by atoms with Crippen molar-refractivity contribution in [3.8, 4) is 11.5 Å². The Kier molecular flexibility index (Phi) is 6.99. The van der Waals surface area contributed by atoms with E-state index in [0.717, 1.165) is 30.0 Å². The molecule has 0 aliphatic carbocycles. The molecule has 0 aliphatic heterocycles. The summed E-state index contributed by atoms with van der Waals surface area (Å²) >= 11 is 0. The molecule has 0 aromatic heterocycles. The molecular formula is C17H29NO3. The largest absolute Gasteiger partial charge is 0.493 e. The Labute approximate surface area is 128 Å². The molecule has 0 saturated carbocycles. The van der Waals surface area contributed by atoms with Crippen molar-refractivity contribution >= 4 is 0 Å². The molecule has 0 radical (unpaired) electrons. The fourth-order valence-electron chi connectivity index (χ4n) is 1.90. The molecule has 0 aliphatic rings. The predicted molar refractivity (Wildman–Crippen MR) is 86.2 cm³/mol. The van der Waals surface area contributed by atoms with Gasteiger partial charge in [-0.3, -0.25) is 0 Å². The first-order chi connectivity index (χ1) is 9.87. The Bertz CT molecular complexity index is 427. The van der Waals surface area contributed by atoms with Crippen LogP contribution in [-0.4, -0.2) is 32.5 Å². The second-order valence-corrected chi connectivity index (χ2v) is 6.26. The maximum Gasteiger partial charge on any atom is 0.166 e. The maximum absolute atomic E-state index is 6.09. The van der Waals surface area contributed by atoms with Crippen LogP contribution in [0.4, 0.5) is 0 Å². The summed E-state index contributed by atoms with van der Waals surface area (Å²) in [7, 11) is 3.37. The van der Waals surface area contributed by atoms with E-state index in [2.05, 4.69) is 32.2 Å². The third kappa shape index (κ3) is 6.36. The van der Waals surface area contributed by atoms with Crippen molar-refractivity contribution in [1.82, 2.24) is 5.32 Å². The third-order valence-corrected chi connectivity index (χ3v) is 3.14. The predicted octanol–water partition coefficient (Wildman–Crippen LogP) is 3.39. The summed E-state index contributed by atoms with van der Waals surface area (Å²) in [4.78, 5) is 0. The van der Waals surface area contributed by atoms with E-state index < -0.39 is 0 Å². The number of ether oxygens (including phenoxy) is 3. The second-order valence-electron chi connectivity index (χ2n) is 6.26. The fraction of sp³-hybridized carbons (Fsp3) is 0.647. The molecule has 1 unspecified atom stereocenters. The van der Waals surface area contributed by atoms with Gasteiger partial charge in [0.2, 0.25) is 0 Å². The molecule has 0 amide bonds. The van der Waals surface area contributed by atoms with Crippen LogP contribution in [0.1, 0.15) is 39.7 Å². The van der Waals surface area contributed by atoms with E-state index in [0.29, 0.717) is 6.61 Å². The van der Waals surface area contributed by atoms with Gasteiger partial charge >= 0.3 is 0 Å². The smallest absolute Gasteiger partial charge is 0.166 e. The molecule has 4 nitrogen and oxygen atoms in total. The molecule has 1 N–H and O–H groups in total. The normalized spacial score (nSPS) is 13.0. The summed E-state index contributed by atoms with van der Waals surface area (Å²) in [6.07, 6.45) is 0.926. The molecule has 1 aromatic carbocycles. The highest BCUT2D eigenvalue weighted by Crippen LogP contribution is 2.32. The summed E-state index contributed by atoms with van der Waals surface area (Å²) in [6.45, 7) is 9.92. The molecule has 21 heavy (non-hydrogen) atoms. The van der Waals surface area contributed by atoms with Crippen molar-refractivity contribution in [2.75, 3.05) is 20.8 Å². The SMILES string of the molecule is COCCC(C)Oc1c(CNC(C)(C)C)cccc1OC. The van der Waals surface area contributed by atoms with Crippen molar-refractivity contribution in [1.29, 1.82) is 0 Å². The minimum atomic E-state index is 0.0576. The Hall–Kier alpha value is -1.26. The summed E-state index contributed by atoms with van der Waals surface area (Å²) in [5.41, 5.74) is 1.16. The number of hydrogen-bond acceptors (Lipinski definition) is 4. The lowest BCUT2D eigenvalue weighted by molar-refractivity contribution is 0.131. The molecule has 120 valence electrons. The van der Waals surface area contributed by atoms with Gasteiger partial charge < -0.3 is 19.5 Å². The molecular weight excluding hydrogens is 266 g/mol. The average molecular weight is 295 g/mol. The van der Waals surface area contributed by atoms with E-state index in [4.69, 9.17) is 14.2 Å². The van der Waals surface area contributed by atoms with Crippen molar-refractivity contribution in [3.05, 3.63) is 23.8 Å². The molecule has 0 heterocycles. The lowest BCUT2D eigenvalue weighted by Gasteiger charge is -2.24. The summed E-state index contributed by atoms with van der Waals surface area (Å²) in [5.74, 6) is 1.59. The average Bonchev–Trinajstić information content (AvgIpc) is 2.43. The zero-order valence-corrected chi connectivity index (χ0v) is 14.2. The number of methoxy groups -OCH3 is 2. The first kappa shape index (κ1) is 17.8. The van der Waals surface area contributed by atoms with Crippen LogP contribution in [0.3, 0.4) is 0 Å². The molecule has 0 fully saturated rings. The van der Waals surface area contributed by atoms with Crippen LogP contribution >= 0.6 is 0 Å². The zero-order valence-electron chi connectivity index (χ0n) is 14.2. The molecule has 0 saturated heterocycles. The van der Waals surface area contributed by atoms with Crippen molar-refractivity contribution in [2.45, 2.75) is 52.3 Å². The van der Waals surface area contributed by atoms with Crippen LogP contribution < -0.4 is 14.8 Å². The summed E-state index contributed by atoms with van der Waals surface area (Å²) < 4.78 is 16.6. The Morgan fingerprint density at radius 3 is 2.48 bits per heavy atom. The first-order valence-electron chi connectivity index (χ1n) is 7.44. The minimum Gasteiger partial charge on any atom is -0.493 e. The van der Waals surface area contributed by atoms with E-state index >= 15 is 0 Å². The van der Waals surface area contributed by atoms with Crippen LogP contribution in [0.25, 0.3) is 0 Å². The quantitative estimate of drug-likeness (QED) is 0.798. The van der Waals surface area contributed by atoms with Crippen LogP contribution in [-0.2, 0) is 11.3 Å². The van der Waals surface area contributed by atoms with Gasteiger partial charge in [0.15, 0.2) is 11.5 Å². The Balaban J connectivity index is 2.87. The van der Waals surface area contributed by atoms with Gasteiger partial charge in [-0.05, 0) is 33.8 Å². The topological polar surface area (TPSA) is 39.7 Å². The van der Waals surface area contributed by atoms with Gasteiger partial charge in [-0.15, -0.1) is 0 Å². The number of rotatable bonds is 8. The first-order valence-corrected chi connectivity index (χ1v) is 7.44. The van der Waals surface area contributed by atoms with Gasteiger partial charge in [-0.2, -0.15) is 0 Å². The van der Waals surface area contributed by atoms with Gasteiger partial charge in [-0.1, -0.05) is 12.1 Å². The van der Waals surface area contributed by atoms with Crippen molar-refractivity contribution in [3.63, 3.8) is 0 Å². The lowest BCUT2D eigenvalue weighted by atomic mass is 10.1. The number of hydrogen-bond donors (Lipinski definition) is 1. The molecule has 1 atom stereocenters. The van der Waals surface area contributed by atoms with Gasteiger partial charge in [0, 0.05) is 37.8 Å². The highest BCUT2D eigenvalue weighted by atomic mass is 16.5. The highest BCUT2D eigenvalue weighted by molar-refractivity contribution is 5.46. The highest BCUT2D eigenvalue weighted by Gasteiger charge is 2.16. The number of benzene rings is 1. The van der Waals surface area contributed by atoms with Gasteiger partial charge in [0.25, 0.3) is 0 Å². The van der Waals surface area contributed by atoms with Gasteiger partial charge in [0.05, 0.1) is 13.2 Å². The van der Waals surface area contributed by atoms with E-state index in [1.165, 1.54) is 0 Å². The Morgan fingerprint density at radius 1 is 1.19 bits per heavy atom. The Morgan fingerprint density at radius 2 is 1.90 bits per heavy atom. The number of nitrogens with one attached hydrogen (secondary N) is 1.